The van der Waals surface area contributed by atoms with Crippen molar-refractivity contribution in [3.8, 4) is 11.3 Å². The van der Waals surface area contributed by atoms with Crippen molar-refractivity contribution >= 4 is 11.5 Å². The van der Waals surface area contributed by atoms with Crippen LogP contribution < -0.4 is 5.73 Å². The molecule has 6 nitrogen and oxygen atoms in total. The lowest BCUT2D eigenvalue weighted by Crippen LogP contribution is -1.97. The first kappa shape index (κ1) is 13.0. The summed E-state index contributed by atoms with van der Waals surface area (Å²) in [5.41, 5.74) is 6.00. The number of nitrogens with zero attached hydrogens (tertiary/aromatic N) is 2. The number of aromatic nitrogens is 1. The number of nitro groups is 1. The van der Waals surface area contributed by atoms with Gasteiger partial charge < -0.3 is 10.3 Å². The largest absolute Gasteiger partial charge is 0.381 e. The minimum absolute atomic E-state index is 0.0397. The van der Waals surface area contributed by atoms with E-state index in [1.54, 1.807) is 0 Å². The smallest absolute Gasteiger partial charge is 0.280 e. The Balaban J connectivity index is 2.71. The molecule has 1 aromatic heterocycles. The standard InChI is InChI=1S/C12H12FN3O3/c1-6(2)10-11(19-15-12(10)14)8-5-7(13)3-4-9(8)16(17)18/h3-6H,1-2H3,(H2,14,15). The number of nitrogen functional groups attached to an aromatic ring is 1. The summed E-state index contributed by atoms with van der Waals surface area (Å²) in [7, 11) is 0. The minimum Gasteiger partial charge on any atom is -0.381 e. The molecule has 0 saturated carbocycles. The molecule has 19 heavy (non-hydrogen) atoms. The second kappa shape index (κ2) is 4.68. The molecule has 1 heterocycles. The lowest BCUT2D eigenvalue weighted by molar-refractivity contribution is -0.384. The SMILES string of the molecule is CC(C)c1c(N)noc1-c1cc(F)ccc1[N+](=O)[O-]. The van der Waals surface area contributed by atoms with E-state index in [-0.39, 0.29) is 28.7 Å². The lowest BCUT2D eigenvalue weighted by atomic mass is 9.98. The first-order chi connectivity index (χ1) is 8.91. The molecule has 0 saturated heterocycles. The second-order valence-corrected chi connectivity index (χ2v) is 4.38. The molecule has 7 heteroatoms. The Morgan fingerprint density at radius 3 is 2.74 bits per heavy atom. The van der Waals surface area contributed by atoms with Crippen molar-refractivity contribution in [2.45, 2.75) is 19.8 Å². The number of nitro benzene ring substituents is 1. The van der Waals surface area contributed by atoms with Gasteiger partial charge in [-0.25, -0.2) is 4.39 Å². The Morgan fingerprint density at radius 1 is 1.47 bits per heavy atom. The van der Waals surface area contributed by atoms with E-state index in [4.69, 9.17) is 10.3 Å². The molecule has 0 bridgehead atoms. The van der Waals surface area contributed by atoms with E-state index in [0.717, 1.165) is 18.2 Å². The first-order valence-electron chi connectivity index (χ1n) is 5.61. The van der Waals surface area contributed by atoms with Crippen LogP contribution in [0.15, 0.2) is 22.7 Å². The summed E-state index contributed by atoms with van der Waals surface area (Å²) in [5, 5.41) is 14.6. The van der Waals surface area contributed by atoms with E-state index in [2.05, 4.69) is 5.16 Å². The summed E-state index contributed by atoms with van der Waals surface area (Å²) in [6, 6.07) is 3.16. The van der Waals surface area contributed by atoms with Gasteiger partial charge in [-0.2, -0.15) is 0 Å². The van der Waals surface area contributed by atoms with Crippen LogP contribution >= 0.6 is 0 Å². The summed E-state index contributed by atoms with van der Waals surface area (Å²) < 4.78 is 18.4. The van der Waals surface area contributed by atoms with Crippen LogP contribution in [0.5, 0.6) is 0 Å². The van der Waals surface area contributed by atoms with Crippen molar-refractivity contribution in [1.82, 2.24) is 5.16 Å². The van der Waals surface area contributed by atoms with Crippen LogP contribution in [0.4, 0.5) is 15.9 Å². The molecule has 0 fully saturated rings. The van der Waals surface area contributed by atoms with Gasteiger partial charge in [0.1, 0.15) is 11.4 Å². The van der Waals surface area contributed by atoms with E-state index in [0.29, 0.717) is 5.56 Å². The highest BCUT2D eigenvalue weighted by atomic mass is 19.1. The number of hydrogen-bond donors (Lipinski definition) is 1. The van der Waals surface area contributed by atoms with Gasteiger partial charge in [0.2, 0.25) is 0 Å². The fourth-order valence-corrected chi connectivity index (χ4v) is 1.91. The summed E-state index contributed by atoms with van der Waals surface area (Å²) in [4.78, 5) is 10.4. The molecule has 0 aliphatic rings. The van der Waals surface area contributed by atoms with Crippen LogP contribution in [-0.2, 0) is 0 Å². The molecular formula is C12H12FN3O3. The van der Waals surface area contributed by atoms with Crippen LogP contribution in [0, 0.1) is 15.9 Å². The molecule has 0 amide bonds. The third-order valence-electron chi connectivity index (χ3n) is 2.73. The zero-order chi connectivity index (χ0) is 14.2. The van der Waals surface area contributed by atoms with Gasteiger partial charge in [0.15, 0.2) is 11.6 Å². The molecule has 100 valence electrons. The third-order valence-corrected chi connectivity index (χ3v) is 2.73. The van der Waals surface area contributed by atoms with Gasteiger partial charge in [-0.15, -0.1) is 0 Å². The van der Waals surface area contributed by atoms with Crippen LogP contribution in [0.25, 0.3) is 11.3 Å². The van der Waals surface area contributed by atoms with E-state index >= 15 is 0 Å². The Kier molecular flexibility index (Phi) is 3.20. The molecule has 2 aromatic rings. The topological polar surface area (TPSA) is 95.2 Å². The maximum Gasteiger partial charge on any atom is 0.280 e. The Bertz CT molecular complexity index is 637. The predicted octanol–water partition coefficient (Wildman–Crippen LogP) is 3.09. The van der Waals surface area contributed by atoms with Gasteiger partial charge in [-0.1, -0.05) is 19.0 Å². The normalized spacial score (nSPS) is 10.9. The van der Waals surface area contributed by atoms with E-state index in [1.807, 2.05) is 13.8 Å². The average Bonchev–Trinajstić information content (AvgIpc) is 2.70. The molecule has 0 radical (unpaired) electrons. The van der Waals surface area contributed by atoms with Crippen molar-refractivity contribution in [1.29, 1.82) is 0 Å². The van der Waals surface area contributed by atoms with Gasteiger partial charge in [-0.3, -0.25) is 10.1 Å². The zero-order valence-corrected chi connectivity index (χ0v) is 10.4. The molecular weight excluding hydrogens is 253 g/mol. The molecule has 0 aliphatic carbocycles. The summed E-state index contributed by atoms with van der Waals surface area (Å²) in [5.74, 6) is -0.350. The van der Waals surface area contributed by atoms with Crippen molar-refractivity contribution in [3.05, 3.63) is 39.7 Å². The van der Waals surface area contributed by atoms with E-state index in [1.165, 1.54) is 0 Å². The Labute approximate surface area is 108 Å². The van der Waals surface area contributed by atoms with Crippen LogP contribution in [0.1, 0.15) is 25.3 Å². The minimum atomic E-state index is -0.600. The predicted molar refractivity (Wildman–Crippen MR) is 67.1 cm³/mol. The molecule has 0 atom stereocenters. The fourth-order valence-electron chi connectivity index (χ4n) is 1.91. The number of rotatable bonds is 3. The first-order valence-corrected chi connectivity index (χ1v) is 5.61. The summed E-state index contributed by atoms with van der Waals surface area (Å²) in [6.07, 6.45) is 0. The van der Waals surface area contributed by atoms with Crippen molar-refractivity contribution in [2.75, 3.05) is 5.73 Å². The fraction of sp³-hybridized carbons (Fsp3) is 0.250. The zero-order valence-electron chi connectivity index (χ0n) is 10.4. The summed E-state index contributed by atoms with van der Waals surface area (Å²) >= 11 is 0. The molecule has 0 unspecified atom stereocenters. The van der Waals surface area contributed by atoms with Gasteiger partial charge in [-0.05, 0) is 18.1 Å². The quantitative estimate of drug-likeness (QED) is 0.679. The van der Waals surface area contributed by atoms with Gasteiger partial charge in [0.25, 0.3) is 5.69 Å². The molecule has 2 rings (SSSR count). The molecule has 2 N–H and O–H groups in total. The highest BCUT2D eigenvalue weighted by molar-refractivity contribution is 5.74. The van der Waals surface area contributed by atoms with Crippen molar-refractivity contribution in [3.63, 3.8) is 0 Å². The van der Waals surface area contributed by atoms with Crippen molar-refractivity contribution < 1.29 is 13.8 Å². The number of nitrogens with two attached hydrogens (primary N) is 1. The van der Waals surface area contributed by atoms with E-state index in [9.17, 15) is 14.5 Å². The van der Waals surface area contributed by atoms with Gasteiger partial charge >= 0.3 is 0 Å². The van der Waals surface area contributed by atoms with Crippen LogP contribution in [0.2, 0.25) is 0 Å². The Morgan fingerprint density at radius 2 is 2.16 bits per heavy atom. The average molecular weight is 265 g/mol. The van der Waals surface area contributed by atoms with E-state index < -0.39 is 10.7 Å². The van der Waals surface area contributed by atoms with Gasteiger partial charge in [0.05, 0.1) is 4.92 Å². The number of halogens is 1. The second-order valence-electron chi connectivity index (χ2n) is 4.38. The highest BCUT2D eigenvalue weighted by Crippen LogP contribution is 2.38. The molecule has 0 spiro atoms. The van der Waals surface area contributed by atoms with Crippen LogP contribution in [-0.4, -0.2) is 10.1 Å². The van der Waals surface area contributed by atoms with Gasteiger partial charge in [0, 0.05) is 11.6 Å². The lowest BCUT2D eigenvalue weighted by Gasteiger charge is -2.06. The van der Waals surface area contributed by atoms with Crippen molar-refractivity contribution in [2.24, 2.45) is 0 Å². The molecule has 1 aromatic carbocycles. The maximum absolute atomic E-state index is 13.3. The Hall–Kier alpha value is -2.44. The molecule has 0 aliphatic heterocycles. The summed E-state index contributed by atoms with van der Waals surface area (Å²) in [6.45, 7) is 3.69. The third kappa shape index (κ3) is 2.26. The monoisotopic (exact) mass is 265 g/mol. The number of benzene rings is 1. The number of hydrogen-bond acceptors (Lipinski definition) is 5. The maximum atomic E-state index is 13.3. The highest BCUT2D eigenvalue weighted by Gasteiger charge is 2.25. The van der Waals surface area contributed by atoms with Crippen LogP contribution in [0.3, 0.4) is 0 Å². The number of anilines is 1.